The van der Waals surface area contributed by atoms with Gasteiger partial charge in [-0.2, -0.15) is 0 Å². The molecule has 0 spiro atoms. The van der Waals surface area contributed by atoms with E-state index in [4.69, 9.17) is 11.6 Å². The zero-order chi connectivity index (χ0) is 13.0. The maximum atomic E-state index is 12.2. The largest absolute Gasteiger partial charge is 0.322 e. The van der Waals surface area contributed by atoms with E-state index in [1.807, 2.05) is 17.0 Å². The second-order valence-corrected chi connectivity index (χ2v) is 4.88. The lowest BCUT2D eigenvalue weighted by molar-refractivity contribution is 0.161. The minimum Gasteiger partial charge on any atom is -0.319 e. The molecule has 18 heavy (non-hydrogen) atoms. The summed E-state index contributed by atoms with van der Waals surface area (Å²) in [6.07, 6.45) is 0.963. The Hall–Kier alpha value is -1.26. The van der Waals surface area contributed by atoms with Crippen LogP contribution in [0.4, 0.5) is 10.5 Å². The Bertz CT molecular complexity index is 403. The summed E-state index contributed by atoms with van der Waals surface area (Å²) in [7, 11) is 0. The Balaban J connectivity index is 1.97. The first-order valence-corrected chi connectivity index (χ1v) is 6.62. The van der Waals surface area contributed by atoms with Crippen molar-refractivity contribution in [2.45, 2.75) is 19.4 Å². The summed E-state index contributed by atoms with van der Waals surface area (Å²) in [5.41, 5.74) is 0.776. The van der Waals surface area contributed by atoms with Gasteiger partial charge in [-0.15, -0.1) is 0 Å². The fourth-order valence-corrected chi connectivity index (χ4v) is 2.04. The molecule has 1 aromatic carbocycles. The van der Waals surface area contributed by atoms with E-state index in [1.165, 1.54) is 0 Å². The van der Waals surface area contributed by atoms with Crippen molar-refractivity contribution in [1.29, 1.82) is 0 Å². The van der Waals surface area contributed by atoms with Gasteiger partial charge >= 0.3 is 6.03 Å². The van der Waals surface area contributed by atoms with Gasteiger partial charge < -0.3 is 15.5 Å². The Labute approximate surface area is 112 Å². The SMILES string of the molecule is CCCN(C(=O)Nc1ccc(Cl)cc1)C1CNC1. The number of nitrogens with one attached hydrogen (secondary N) is 2. The van der Waals surface area contributed by atoms with Gasteiger partial charge in [0, 0.05) is 30.3 Å². The minimum atomic E-state index is -0.0364. The van der Waals surface area contributed by atoms with Gasteiger partial charge in [-0.3, -0.25) is 0 Å². The zero-order valence-electron chi connectivity index (χ0n) is 10.4. The van der Waals surface area contributed by atoms with Crippen LogP contribution in [0.3, 0.4) is 0 Å². The molecule has 0 aliphatic carbocycles. The second-order valence-electron chi connectivity index (χ2n) is 4.44. The molecule has 0 unspecified atom stereocenters. The molecule has 0 saturated carbocycles. The van der Waals surface area contributed by atoms with Crippen LogP contribution in [-0.4, -0.2) is 36.6 Å². The van der Waals surface area contributed by atoms with Gasteiger partial charge in [-0.25, -0.2) is 4.79 Å². The van der Waals surface area contributed by atoms with Crippen molar-refractivity contribution in [3.8, 4) is 0 Å². The first-order chi connectivity index (χ1) is 8.70. The summed E-state index contributed by atoms with van der Waals surface area (Å²) < 4.78 is 0. The number of rotatable bonds is 4. The fraction of sp³-hybridized carbons (Fsp3) is 0.462. The monoisotopic (exact) mass is 267 g/mol. The lowest BCUT2D eigenvalue weighted by Crippen LogP contribution is -2.59. The van der Waals surface area contributed by atoms with Crippen molar-refractivity contribution < 1.29 is 4.79 Å². The van der Waals surface area contributed by atoms with Gasteiger partial charge in [0.2, 0.25) is 0 Å². The lowest BCUT2D eigenvalue weighted by atomic mass is 10.1. The third-order valence-corrected chi connectivity index (χ3v) is 3.27. The van der Waals surface area contributed by atoms with E-state index in [0.717, 1.165) is 31.7 Å². The zero-order valence-corrected chi connectivity index (χ0v) is 11.2. The molecule has 5 heteroatoms. The Kier molecular flexibility index (Phi) is 4.44. The first-order valence-electron chi connectivity index (χ1n) is 6.24. The highest BCUT2D eigenvalue weighted by atomic mass is 35.5. The van der Waals surface area contributed by atoms with Crippen LogP contribution in [0.2, 0.25) is 5.02 Å². The Morgan fingerprint density at radius 2 is 2.11 bits per heavy atom. The molecule has 0 aromatic heterocycles. The average molecular weight is 268 g/mol. The van der Waals surface area contributed by atoms with Crippen LogP contribution >= 0.6 is 11.6 Å². The number of nitrogens with zero attached hydrogens (tertiary/aromatic N) is 1. The highest BCUT2D eigenvalue weighted by Crippen LogP contribution is 2.15. The van der Waals surface area contributed by atoms with Crippen molar-refractivity contribution in [2.24, 2.45) is 0 Å². The third-order valence-electron chi connectivity index (χ3n) is 3.02. The van der Waals surface area contributed by atoms with Crippen molar-refractivity contribution in [1.82, 2.24) is 10.2 Å². The first kappa shape index (κ1) is 13.2. The molecule has 2 rings (SSSR count). The fourth-order valence-electron chi connectivity index (χ4n) is 1.91. The highest BCUT2D eigenvalue weighted by Gasteiger charge is 2.27. The predicted molar refractivity (Wildman–Crippen MR) is 74.1 cm³/mol. The number of benzene rings is 1. The molecule has 4 nitrogen and oxygen atoms in total. The third kappa shape index (κ3) is 3.15. The number of halogens is 1. The van der Waals surface area contributed by atoms with Crippen LogP contribution < -0.4 is 10.6 Å². The highest BCUT2D eigenvalue weighted by molar-refractivity contribution is 6.30. The summed E-state index contributed by atoms with van der Waals surface area (Å²) in [5.74, 6) is 0. The molecule has 2 N–H and O–H groups in total. The molecule has 1 fully saturated rings. The molecule has 98 valence electrons. The Morgan fingerprint density at radius 1 is 1.44 bits per heavy atom. The van der Waals surface area contributed by atoms with Gasteiger partial charge in [0.15, 0.2) is 0 Å². The standard InChI is InChI=1S/C13H18ClN3O/c1-2-7-17(12-8-15-9-12)13(18)16-11-5-3-10(14)4-6-11/h3-6,12,15H,2,7-9H2,1H3,(H,16,18). The van der Waals surface area contributed by atoms with Crippen molar-refractivity contribution in [3.05, 3.63) is 29.3 Å². The molecule has 2 amide bonds. The molecular weight excluding hydrogens is 250 g/mol. The molecule has 1 saturated heterocycles. The molecule has 0 radical (unpaired) electrons. The van der Waals surface area contributed by atoms with Gasteiger partial charge in [0.05, 0.1) is 6.04 Å². The van der Waals surface area contributed by atoms with E-state index in [9.17, 15) is 4.79 Å². The maximum absolute atomic E-state index is 12.2. The summed E-state index contributed by atoms with van der Waals surface area (Å²) >= 11 is 5.81. The molecule has 1 aromatic rings. The molecule has 0 bridgehead atoms. The quantitative estimate of drug-likeness (QED) is 0.881. The van der Waals surface area contributed by atoms with E-state index < -0.39 is 0 Å². The average Bonchev–Trinajstić information content (AvgIpc) is 2.29. The van der Waals surface area contributed by atoms with E-state index >= 15 is 0 Å². The number of hydrogen-bond donors (Lipinski definition) is 2. The van der Waals surface area contributed by atoms with Crippen LogP contribution in [0.15, 0.2) is 24.3 Å². The van der Waals surface area contributed by atoms with Crippen LogP contribution in [0.1, 0.15) is 13.3 Å². The van der Waals surface area contributed by atoms with Gasteiger partial charge in [0.25, 0.3) is 0 Å². The van der Waals surface area contributed by atoms with Crippen LogP contribution in [0, 0.1) is 0 Å². The maximum Gasteiger partial charge on any atom is 0.322 e. The van der Waals surface area contributed by atoms with E-state index in [1.54, 1.807) is 12.1 Å². The van der Waals surface area contributed by atoms with Gasteiger partial charge in [-0.05, 0) is 30.7 Å². The molecular formula is C13H18ClN3O. The van der Waals surface area contributed by atoms with Gasteiger partial charge in [-0.1, -0.05) is 18.5 Å². The molecule has 0 atom stereocenters. The van der Waals surface area contributed by atoms with Crippen LogP contribution in [-0.2, 0) is 0 Å². The van der Waals surface area contributed by atoms with Crippen molar-refractivity contribution >= 4 is 23.3 Å². The minimum absolute atomic E-state index is 0.0364. The summed E-state index contributed by atoms with van der Waals surface area (Å²) in [4.78, 5) is 14.1. The predicted octanol–water partition coefficient (Wildman–Crippen LogP) is 2.56. The number of amides is 2. The summed E-state index contributed by atoms with van der Waals surface area (Å²) in [6.45, 7) is 4.63. The van der Waals surface area contributed by atoms with E-state index in [2.05, 4.69) is 17.6 Å². The molecule has 1 aliphatic rings. The number of hydrogen-bond acceptors (Lipinski definition) is 2. The summed E-state index contributed by atoms with van der Waals surface area (Å²) in [6, 6.07) is 7.44. The Morgan fingerprint density at radius 3 is 2.61 bits per heavy atom. The van der Waals surface area contributed by atoms with Crippen molar-refractivity contribution in [2.75, 3.05) is 25.0 Å². The number of anilines is 1. The second kappa shape index (κ2) is 6.07. The number of urea groups is 1. The van der Waals surface area contributed by atoms with Gasteiger partial charge in [0.1, 0.15) is 0 Å². The van der Waals surface area contributed by atoms with E-state index in [0.29, 0.717) is 11.1 Å². The molecule has 1 aliphatic heterocycles. The number of carbonyl (C=O) groups is 1. The normalized spacial score (nSPS) is 15.0. The molecule has 1 heterocycles. The van der Waals surface area contributed by atoms with Crippen LogP contribution in [0.5, 0.6) is 0 Å². The smallest absolute Gasteiger partial charge is 0.319 e. The number of carbonyl (C=O) groups excluding carboxylic acids is 1. The van der Waals surface area contributed by atoms with Crippen LogP contribution in [0.25, 0.3) is 0 Å². The van der Waals surface area contributed by atoms with Crippen molar-refractivity contribution in [3.63, 3.8) is 0 Å². The summed E-state index contributed by atoms with van der Waals surface area (Å²) in [5, 5.41) is 6.76. The van der Waals surface area contributed by atoms with E-state index in [-0.39, 0.29) is 6.03 Å². The lowest BCUT2D eigenvalue weighted by Gasteiger charge is -2.38. The topological polar surface area (TPSA) is 44.4 Å².